The van der Waals surface area contributed by atoms with E-state index in [-0.39, 0.29) is 22.6 Å². The Labute approximate surface area is 201 Å². The maximum Gasteiger partial charge on any atom is 0.261 e. The monoisotopic (exact) mass is 472 g/mol. The summed E-state index contributed by atoms with van der Waals surface area (Å²) in [6.07, 6.45) is 1.02. The maximum atomic E-state index is 14.3. The number of rotatable bonds is 6. The zero-order chi connectivity index (χ0) is 24.3. The first-order valence-electron chi connectivity index (χ1n) is 11.5. The molecule has 34 heavy (non-hydrogen) atoms. The van der Waals surface area contributed by atoms with Gasteiger partial charge >= 0.3 is 0 Å². The Hall–Kier alpha value is -3.27. The van der Waals surface area contributed by atoms with Gasteiger partial charge in [0.2, 0.25) is 5.91 Å². The normalized spacial score (nSPS) is 16.5. The molecule has 4 nitrogen and oxygen atoms in total. The predicted molar refractivity (Wildman–Crippen MR) is 135 cm³/mol. The molecule has 174 valence electrons. The van der Waals surface area contributed by atoms with Crippen LogP contribution in [0.5, 0.6) is 0 Å². The van der Waals surface area contributed by atoms with Crippen LogP contribution in [-0.4, -0.2) is 26.9 Å². The zero-order valence-electron chi connectivity index (χ0n) is 19.8. The number of nitriles is 1. The minimum atomic E-state index is -2.75. The Morgan fingerprint density at radius 3 is 2.12 bits per heavy atom. The number of carbonyl (C=O) groups is 1. The van der Waals surface area contributed by atoms with Crippen LogP contribution in [0, 0.1) is 17.1 Å². The van der Waals surface area contributed by atoms with Crippen LogP contribution in [0.1, 0.15) is 39.2 Å². The van der Waals surface area contributed by atoms with Gasteiger partial charge in [0.1, 0.15) is 11.9 Å². The lowest BCUT2D eigenvalue weighted by atomic mass is 10.1. The molecule has 4 rings (SSSR count). The highest BCUT2D eigenvalue weighted by Crippen LogP contribution is 2.38. The first kappa shape index (κ1) is 23.9. The van der Waals surface area contributed by atoms with E-state index in [9.17, 15) is 9.18 Å². The summed E-state index contributed by atoms with van der Waals surface area (Å²) in [5.74, 6) is -0.675. The molecule has 1 amide bonds. The Morgan fingerprint density at radius 2 is 1.62 bits per heavy atom. The van der Waals surface area contributed by atoms with E-state index in [4.69, 9.17) is 9.69 Å². The van der Waals surface area contributed by atoms with Gasteiger partial charge in [-0.05, 0) is 40.0 Å². The highest BCUT2D eigenvalue weighted by Gasteiger charge is 2.51. The van der Waals surface area contributed by atoms with Crippen molar-refractivity contribution in [2.24, 2.45) is 0 Å². The maximum absolute atomic E-state index is 14.3. The van der Waals surface area contributed by atoms with Gasteiger partial charge in [-0.1, -0.05) is 81.4 Å². The third-order valence-corrected chi connectivity index (χ3v) is 11.6. The number of anilines is 1. The van der Waals surface area contributed by atoms with Crippen molar-refractivity contribution in [3.8, 4) is 6.07 Å². The van der Waals surface area contributed by atoms with E-state index in [1.54, 1.807) is 11.0 Å². The molecule has 0 aromatic heterocycles. The fourth-order valence-corrected chi connectivity index (χ4v) is 9.58. The largest absolute Gasteiger partial charge is 0.405 e. The van der Waals surface area contributed by atoms with Gasteiger partial charge in [-0.2, -0.15) is 5.26 Å². The van der Waals surface area contributed by atoms with Crippen LogP contribution in [0.15, 0.2) is 78.9 Å². The summed E-state index contributed by atoms with van der Waals surface area (Å²) in [6.45, 7) is 6.99. The minimum Gasteiger partial charge on any atom is -0.405 e. The number of halogens is 1. The molecule has 0 bridgehead atoms. The smallest absolute Gasteiger partial charge is 0.261 e. The Bertz CT molecular complexity index is 1160. The molecule has 1 aliphatic heterocycles. The van der Waals surface area contributed by atoms with Gasteiger partial charge in [-0.15, -0.1) is 0 Å². The van der Waals surface area contributed by atoms with Crippen molar-refractivity contribution in [1.82, 2.24) is 0 Å². The summed E-state index contributed by atoms with van der Waals surface area (Å²) < 4.78 is 21.4. The van der Waals surface area contributed by atoms with Crippen LogP contribution in [0.25, 0.3) is 0 Å². The molecule has 1 saturated heterocycles. The zero-order valence-corrected chi connectivity index (χ0v) is 20.8. The summed E-state index contributed by atoms with van der Waals surface area (Å²) >= 11 is 0. The van der Waals surface area contributed by atoms with E-state index in [1.807, 2.05) is 42.5 Å². The molecule has 1 unspecified atom stereocenters. The standard InChI is InChI=1S/C28H29FN2O2Si/c1-28(2,3)34(24-10-6-4-7-11-24,25-12-8-5-9-13-25)33-20-23-16-17-27(32)31(23)22-15-14-21(19-30)26(29)18-22/h4-15,18,23H,16-17,20H2,1-3H3. The molecule has 0 radical (unpaired) electrons. The predicted octanol–water partition coefficient (Wildman–Crippen LogP) is 4.77. The summed E-state index contributed by atoms with van der Waals surface area (Å²) in [5, 5.41) is 11.2. The molecule has 6 heteroatoms. The summed E-state index contributed by atoms with van der Waals surface area (Å²) in [7, 11) is -2.75. The molecule has 0 aliphatic carbocycles. The molecule has 1 aliphatic rings. The van der Waals surface area contributed by atoms with Gasteiger partial charge in [0.05, 0.1) is 18.2 Å². The average molecular weight is 473 g/mol. The van der Waals surface area contributed by atoms with Crippen molar-refractivity contribution in [2.75, 3.05) is 11.5 Å². The van der Waals surface area contributed by atoms with Crippen molar-refractivity contribution in [3.63, 3.8) is 0 Å². The fraction of sp³-hybridized carbons (Fsp3) is 0.286. The van der Waals surface area contributed by atoms with Crippen molar-refractivity contribution >= 4 is 30.3 Å². The summed E-state index contributed by atoms with van der Waals surface area (Å²) in [6, 6.07) is 26.7. The van der Waals surface area contributed by atoms with Crippen molar-refractivity contribution < 1.29 is 13.6 Å². The van der Waals surface area contributed by atoms with Gasteiger partial charge in [0, 0.05) is 12.1 Å². The van der Waals surface area contributed by atoms with Crippen molar-refractivity contribution in [2.45, 2.75) is 44.7 Å². The quantitative estimate of drug-likeness (QED) is 0.486. The second-order valence-electron chi connectivity index (χ2n) is 9.71. The highest BCUT2D eigenvalue weighted by molar-refractivity contribution is 6.99. The highest BCUT2D eigenvalue weighted by atomic mass is 28.4. The minimum absolute atomic E-state index is 0.0319. The van der Waals surface area contributed by atoms with Crippen LogP contribution in [0.2, 0.25) is 5.04 Å². The van der Waals surface area contributed by atoms with Gasteiger partial charge in [0.15, 0.2) is 0 Å². The van der Waals surface area contributed by atoms with Crippen LogP contribution in [0.4, 0.5) is 10.1 Å². The number of nitrogens with zero attached hydrogens (tertiary/aromatic N) is 2. The lowest BCUT2D eigenvalue weighted by Crippen LogP contribution is -2.67. The molecular formula is C28H29FN2O2Si. The topological polar surface area (TPSA) is 53.3 Å². The number of hydrogen-bond donors (Lipinski definition) is 0. The molecule has 0 N–H and O–H groups in total. The lowest BCUT2D eigenvalue weighted by molar-refractivity contribution is -0.117. The molecular weight excluding hydrogens is 443 g/mol. The van der Waals surface area contributed by atoms with Crippen LogP contribution in [-0.2, 0) is 9.22 Å². The first-order valence-corrected chi connectivity index (χ1v) is 13.5. The molecule has 0 spiro atoms. The summed E-state index contributed by atoms with van der Waals surface area (Å²) in [4.78, 5) is 14.4. The Kier molecular flexibility index (Phi) is 6.69. The van der Waals surface area contributed by atoms with E-state index in [2.05, 4.69) is 45.0 Å². The molecule has 1 fully saturated rings. The molecule has 1 atom stereocenters. The van der Waals surface area contributed by atoms with E-state index < -0.39 is 14.1 Å². The number of carbonyl (C=O) groups excluding carboxylic acids is 1. The number of benzene rings is 3. The van der Waals surface area contributed by atoms with Gasteiger partial charge in [-0.3, -0.25) is 4.79 Å². The lowest BCUT2D eigenvalue weighted by Gasteiger charge is -2.44. The molecule has 3 aromatic rings. The number of amides is 1. The molecule has 3 aromatic carbocycles. The number of hydrogen-bond acceptors (Lipinski definition) is 3. The second-order valence-corrected chi connectivity index (χ2v) is 14.0. The van der Waals surface area contributed by atoms with Crippen molar-refractivity contribution in [1.29, 1.82) is 5.26 Å². The SMILES string of the molecule is CC(C)(C)[Si](OCC1CCC(=O)N1c1ccc(C#N)c(F)c1)(c1ccccc1)c1ccccc1. The van der Waals surface area contributed by atoms with Crippen LogP contribution >= 0.6 is 0 Å². The Balaban J connectivity index is 1.72. The average Bonchev–Trinajstić information content (AvgIpc) is 3.20. The second kappa shape index (κ2) is 9.53. The summed E-state index contributed by atoms with van der Waals surface area (Å²) in [5.41, 5.74) is 0.436. The van der Waals surface area contributed by atoms with Gasteiger partial charge in [0.25, 0.3) is 8.32 Å². The van der Waals surface area contributed by atoms with Gasteiger partial charge in [-0.25, -0.2) is 4.39 Å². The molecule has 0 saturated carbocycles. The van der Waals surface area contributed by atoms with E-state index in [0.29, 0.717) is 25.1 Å². The van der Waals surface area contributed by atoms with E-state index in [0.717, 1.165) is 0 Å². The van der Waals surface area contributed by atoms with Crippen LogP contribution < -0.4 is 15.3 Å². The van der Waals surface area contributed by atoms with Crippen molar-refractivity contribution in [3.05, 3.63) is 90.2 Å². The van der Waals surface area contributed by atoms with E-state index >= 15 is 0 Å². The van der Waals surface area contributed by atoms with Gasteiger partial charge < -0.3 is 9.33 Å². The van der Waals surface area contributed by atoms with E-state index in [1.165, 1.54) is 22.5 Å². The Morgan fingerprint density at radius 1 is 1.03 bits per heavy atom. The molecule has 1 heterocycles. The van der Waals surface area contributed by atoms with Crippen LogP contribution in [0.3, 0.4) is 0 Å². The fourth-order valence-electron chi connectivity index (χ4n) is 4.98. The third-order valence-electron chi connectivity index (χ3n) is 6.59. The first-order chi connectivity index (χ1) is 16.3. The third kappa shape index (κ3) is 4.29.